The van der Waals surface area contributed by atoms with Crippen LogP contribution in [0.15, 0.2) is 0 Å². The van der Waals surface area contributed by atoms with Crippen LogP contribution < -0.4 is 10.6 Å². The lowest BCUT2D eigenvalue weighted by molar-refractivity contribution is -0.121. The number of carbonyl (C=O) groups is 1. The first-order chi connectivity index (χ1) is 8.66. The number of hydrogen-bond donors (Lipinski definition) is 2. The smallest absolute Gasteiger partial charge is 0.234 e. The molecule has 18 heavy (non-hydrogen) atoms. The molecular weight excluding hydrogens is 234 g/mol. The van der Waals surface area contributed by atoms with Gasteiger partial charge in [-0.3, -0.25) is 4.79 Å². The first kappa shape index (κ1) is 17.3. The molecule has 0 unspecified atom stereocenters. The molecule has 0 saturated carbocycles. The van der Waals surface area contributed by atoms with Gasteiger partial charge in [0, 0.05) is 13.1 Å². The number of nitrogens with one attached hydrogen (secondary N) is 2. The van der Waals surface area contributed by atoms with Gasteiger partial charge in [-0.2, -0.15) is 0 Å². The number of carbonyl (C=O) groups excluding carboxylic acids is 1. The number of amides is 1. The molecule has 0 spiro atoms. The van der Waals surface area contributed by atoms with Crippen molar-refractivity contribution in [3.8, 4) is 0 Å². The summed E-state index contributed by atoms with van der Waals surface area (Å²) < 4.78 is 10.7. The van der Waals surface area contributed by atoms with Crippen molar-refractivity contribution in [3.63, 3.8) is 0 Å². The molecule has 0 aromatic heterocycles. The van der Waals surface area contributed by atoms with Crippen molar-refractivity contribution in [2.24, 2.45) is 0 Å². The minimum atomic E-state index is 0.0190. The minimum Gasteiger partial charge on any atom is -0.378 e. The highest BCUT2D eigenvalue weighted by Gasteiger charge is 2.00. The topological polar surface area (TPSA) is 62.8 Å². The van der Waals surface area contributed by atoms with Crippen LogP contribution in [0.2, 0.25) is 0 Å². The number of ether oxygens (including phenoxy) is 2. The Hall–Kier alpha value is -0.690. The Balaban J connectivity index is 3.09. The molecule has 0 saturated heterocycles. The summed E-state index contributed by atoms with van der Waals surface area (Å²) >= 11 is 0. The number of rotatable bonds is 12. The van der Waals surface area contributed by atoms with Gasteiger partial charge in [0.25, 0.3) is 0 Å². The molecule has 0 heterocycles. The standard InChI is InChI=1S/C12H27N3O3/c1-4-13-5-7-17-9-10-18-8-6-14-12(16)11-15(2)3/h13H,4-11H2,1-3H3,(H,14,16). The van der Waals surface area contributed by atoms with Crippen LogP contribution in [-0.2, 0) is 14.3 Å². The summed E-state index contributed by atoms with van der Waals surface area (Å²) in [6.07, 6.45) is 0. The lowest BCUT2D eigenvalue weighted by atomic mass is 10.5. The monoisotopic (exact) mass is 261 g/mol. The first-order valence-electron chi connectivity index (χ1n) is 6.44. The summed E-state index contributed by atoms with van der Waals surface area (Å²) in [5.41, 5.74) is 0. The van der Waals surface area contributed by atoms with Crippen LogP contribution in [0, 0.1) is 0 Å². The van der Waals surface area contributed by atoms with Crippen LogP contribution in [0.25, 0.3) is 0 Å². The van der Waals surface area contributed by atoms with Crippen LogP contribution in [0.1, 0.15) is 6.92 Å². The van der Waals surface area contributed by atoms with E-state index in [4.69, 9.17) is 9.47 Å². The summed E-state index contributed by atoms with van der Waals surface area (Å²) in [4.78, 5) is 13.1. The van der Waals surface area contributed by atoms with Gasteiger partial charge < -0.3 is 25.0 Å². The lowest BCUT2D eigenvalue weighted by Gasteiger charge is -2.10. The molecule has 6 nitrogen and oxygen atoms in total. The Labute approximate surface area is 110 Å². The Morgan fingerprint density at radius 2 is 1.67 bits per heavy atom. The van der Waals surface area contributed by atoms with E-state index in [2.05, 4.69) is 17.6 Å². The number of likely N-dealkylation sites (N-methyl/N-ethyl adjacent to an activating group) is 2. The van der Waals surface area contributed by atoms with Crippen LogP contribution in [0.4, 0.5) is 0 Å². The van der Waals surface area contributed by atoms with Crippen molar-refractivity contribution in [1.82, 2.24) is 15.5 Å². The van der Waals surface area contributed by atoms with Gasteiger partial charge in [-0.05, 0) is 20.6 Å². The summed E-state index contributed by atoms with van der Waals surface area (Å²) in [6.45, 7) is 7.24. The van der Waals surface area contributed by atoms with E-state index in [1.165, 1.54) is 0 Å². The molecular formula is C12H27N3O3. The van der Waals surface area contributed by atoms with Crippen molar-refractivity contribution >= 4 is 5.91 Å². The number of hydrogen-bond acceptors (Lipinski definition) is 5. The Bertz CT molecular complexity index is 201. The highest BCUT2D eigenvalue weighted by atomic mass is 16.5. The zero-order chi connectivity index (χ0) is 13.6. The van der Waals surface area contributed by atoms with Crippen molar-refractivity contribution < 1.29 is 14.3 Å². The molecule has 0 aliphatic rings. The van der Waals surface area contributed by atoms with Crippen LogP contribution in [-0.4, -0.2) is 77.5 Å². The fourth-order valence-corrected chi connectivity index (χ4v) is 1.25. The molecule has 0 aliphatic carbocycles. The average molecular weight is 261 g/mol. The second-order valence-electron chi connectivity index (χ2n) is 4.17. The van der Waals surface area contributed by atoms with E-state index in [9.17, 15) is 4.79 Å². The molecule has 1 amide bonds. The zero-order valence-corrected chi connectivity index (χ0v) is 11.8. The molecule has 0 aromatic carbocycles. The Morgan fingerprint density at radius 3 is 2.22 bits per heavy atom. The molecule has 0 aliphatic heterocycles. The van der Waals surface area contributed by atoms with Gasteiger partial charge in [-0.25, -0.2) is 0 Å². The predicted molar refractivity (Wildman–Crippen MR) is 71.7 cm³/mol. The maximum absolute atomic E-state index is 11.2. The van der Waals surface area contributed by atoms with E-state index < -0.39 is 0 Å². The van der Waals surface area contributed by atoms with Crippen molar-refractivity contribution in [1.29, 1.82) is 0 Å². The van der Waals surface area contributed by atoms with E-state index in [1.807, 2.05) is 19.0 Å². The fourth-order valence-electron chi connectivity index (χ4n) is 1.25. The van der Waals surface area contributed by atoms with Crippen LogP contribution >= 0.6 is 0 Å². The van der Waals surface area contributed by atoms with Gasteiger partial charge in [0.05, 0.1) is 33.0 Å². The third-order valence-electron chi connectivity index (χ3n) is 2.07. The molecule has 0 atom stereocenters. The second-order valence-corrected chi connectivity index (χ2v) is 4.17. The van der Waals surface area contributed by atoms with E-state index in [0.29, 0.717) is 39.5 Å². The summed E-state index contributed by atoms with van der Waals surface area (Å²) in [5.74, 6) is 0.0190. The summed E-state index contributed by atoms with van der Waals surface area (Å²) in [6, 6.07) is 0. The number of nitrogens with zero attached hydrogens (tertiary/aromatic N) is 1. The Morgan fingerprint density at radius 1 is 1.06 bits per heavy atom. The van der Waals surface area contributed by atoms with Gasteiger partial charge in [0.15, 0.2) is 0 Å². The summed E-state index contributed by atoms with van der Waals surface area (Å²) in [7, 11) is 3.72. The third-order valence-corrected chi connectivity index (χ3v) is 2.07. The zero-order valence-electron chi connectivity index (χ0n) is 11.8. The largest absolute Gasteiger partial charge is 0.378 e. The van der Waals surface area contributed by atoms with Gasteiger partial charge in [0.1, 0.15) is 0 Å². The van der Waals surface area contributed by atoms with E-state index in [-0.39, 0.29) is 5.91 Å². The van der Waals surface area contributed by atoms with Gasteiger partial charge in [-0.1, -0.05) is 6.92 Å². The highest BCUT2D eigenvalue weighted by molar-refractivity contribution is 5.77. The van der Waals surface area contributed by atoms with E-state index >= 15 is 0 Å². The molecule has 0 fully saturated rings. The van der Waals surface area contributed by atoms with Gasteiger partial charge >= 0.3 is 0 Å². The van der Waals surface area contributed by atoms with Gasteiger partial charge in [-0.15, -0.1) is 0 Å². The molecule has 108 valence electrons. The highest BCUT2D eigenvalue weighted by Crippen LogP contribution is 1.79. The van der Waals surface area contributed by atoms with Crippen molar-refractivity contribution in [3.05, 3.63) is 0 Å². The Kier molecular flexibility index (Phi) is 12.3. The third kappa shape index (κ3) is 13.4. The predicted octanol–water partition coefficient (Wildman–Crippen LogP) is -0.693. The molecule has 0 rings (SSSR count). The van der Waals surface area contributed by atoms with Crippen molar-refractivity contribution in [2.45, 2.75) is 6.92 Å². The second kappa shape index (κ2) is 12.8. The first-order valence-corrected chi connectivity index (χ1v) is 6.44. The van der Waals surface area contributed by atoms with Crippen LogP contribution in [0.3, 0.4) is 0 Å². The quantitative estimate of drug-likeness (QED) is 0.455. The van der Waals surface area contributed by atoms with Crippen LogP contribution in [0.5, 0.6) is 0 Å². The SMILES string of the molecule is CCNCCOCCOCCNC(=O)CN(C)C. The van der Waals surface area contributed by atoms with Gasteiger partial charge in [0.2, 0.25) is 5.91 Å². The molecule has 0 radical (unpaired) electrons. The fraction of sp³-hybridized carbons (Fsp3) is 0.917. The normalized spacial score (nSPS) is 10.9. The van der Waals surface area contributed by atoms with E-state index in [0.717, 1.165) is 13.1 Å². The van der Waals surface area contributed by atoms with E-state index in [1.54, 1.807) is 0 Å². The minimum absolute atomic E-state index is 0.0190. The summed E-state index contributed by atoms with van der Waals surface area (Å²) in [5, 5.41) is 5.95. The molecule has 2 N–H and O–H groups in total. The lowest BCUT2D eigenvalue weighted by Crippen LogP contribution is -2.35. The maximum Gasteiger partial charge on any atom is 0.234 e. The molecule has 0 aromatic rings. The van der Waals surface area contributed by atoms with Crippen molar-refractivity contribution in [2.75, 3.05) is 66.7 Å². The average Bonchev–Trinajstić information content (AvgIpc) is 2.30. The molecule has 6 heteroatoms. The molecule has 0 bridgehead atoms. The maximum atomic E-state index is 11.2.